The van der Waals surface area contributed by atoms with Gasteiger partial charge in [0.1, 0.15) is 5.75 Å². The van der Waals surface area contributed by atoms with Gasteiger partial charge in [-0.25, -0.2) is 0 Å². The van der Waals surface area contributed by atoms with Crippen molar-refractivity contribution in [2.75, 3.05) is 6.61 Å². The lowest BCUT2D eigenvalue weighted by molar-refractivity contribution is -0.170. The van der Waals surface area contributed by atoms with Crippen LogP contribution in [0.3, 0.4) is 0 Å². The van der Waals surface area contributed by atoms with Gasteiger partial charge in [-0.15, -0.1) is 0 Å². The molecule has 0 spiro atoms. The molecule has 0 saturated heterocycles. The number of halogens is 3. The van der Waals surface area contributed by atoms with E-state index in [2.05, 4.69) is 6.92 Å². The number of carbonyl (C=O) groups is 2. The van der Waals surface area contributed by atoms with Crippen molar-refractivity contribution in [2.45, 2.75) is 32.4 Å². The third-order valence-corrected chi connectivity index (χ3v) is 3.80. The largest absolute Gasteiger partial charge is 0.494 e. The molecule has 0 aliphatic carbocycles. The van der Waals surface area contributed by atoms with E-state index < -0.39 is 24.2 Å². The van der Waals surface area contributed by atoms with Gasteiger partial charge in [0, 0.05) is 5.56 Å². The molecule has 0 saturated carbocycles. The van der Waals surface area contributed by atoms with Gasteiger partial charge in [0.05, 0.1) is 13.0 Å². The fourth-order valence-electron chi connectivity index (χ4n) is 2.27. The molecule has 2 aromatic rings. The molecule has 0 unspecified atom stereocenters. The highest BCUT2D eigenvalue weighted by molar-refractivity contribution is 6.09. The summed E-state index contributed by atoms with van der Waals surface area (Å²) >= 11 is 0. The smallest absolute Gasteiger partial charge is 0.450 e. The quantitative estimate of drug-likeness (QED) is 0.366. The van der Waals surface area contributed by atoms with Crippen molar-refractivity contribution in [3.05, 3.63) is 54.1 Å². The zero-order valence-corrected chi connectivity index (χ0v) is 14.3. The van der Waals surface area contributed by atoms with Crippen LogP contribution in [0.4, 0.5) is 13.2 Å². The molecule has 0 N–H and O–H groups in total. The van der Waals surface area contributed by atoms with E-state index in [1.54, 1.807) is 12.1 Å². The van der Waals surface area contributed by atoms with Gasteiger partial charge in [-0.1, -0.05) is 49.7 Å². The van der Waals surface area contributed by atoms with Gasteiger partial charge in [0.15, 0.2) is 5.78 Å². The van der Waals surface area contributed by atoms with Crippen molar-refractivity contribution >= 4 is 11.6 Å². The minimum atomic E-state index is -4.99. The van der Waals surface area contributed by atoms with Gasteiger partial charge in [-0.2, -0.15) is 13.2 Å². The van der Waals surface area contributed by atoms with E-state index in [1.807, 2.05) is 24.3 Å². The Bertz CT molecular complexity index is 747. The highest BCUT2D eigenvalue weighted by Crippen LogP contribution is 2.24. The van der Waals surface area contributed by atoms with Crippen molar-refractivity contribution in [3.8, 4) is 16.9 Å². The molecule has 0 heterocycles. The van der Waals surface area contributed by atoms with Crippen molar-refractivity contribution in [1.82, 2.24) is 0 Å². The molecular weight excluding hydrogens is 345 g/mol. The summed E-state index contributed by atoms with van der Waals surface area (Å²) in [6.45, 7) is 2.74. The second-order valence-corrected chi connectivity index (χ2v) is 5.82. The predicted octanol–water partition coefficient (Wildman–Crippen LogP) is 5.24. The van der Waals surface area contributed by atoms with Crippen molar-refractivity contribution in [2.24, 2.45) is 0 Å². The fraction of sp³-hybridized carbons (Fsp3) is 0.300. The maximum atomic E-state index is 12.2. The molecule has 26 heavy (non-hydrogen) atoms. The first-order valence-electron chi connectivity index (χ1n) is 8.27. The molecule has 2 aromatic carbocycles. The van der Waals surface area contributed by atoms with Gasteiger partial charge in [-0.3, -0.25) is 9.59 Å². The molecule has 0 atom stereocenters. The van der Waals surface area contributed by atoms with Crippen LogP contribution in [-0.2, 0) is 4.79 Å². The Morgan fingerprint density at radius 3 is 1.96 bits per heavy atom. The lowest BCUT2D eigenvalue weighted by Crippen LogP contribution is -2.25. The Kier molecular flexibility index (Phi) is 6.55. The molecule has 6 heteroatoms. The summed E-state index contributed by atoms with van der Waals surface area (Å²) in [6.07, 6.45) is -4.13. The standard InChI is InChI=1S/C20H19F3O3/c1-2-3-12-26-17-10-8-15(9-11-17)14-4-6-16(7-5-14)18(24)13-19(25)20(21,22)23/h4-11H,2-3,12-13H2,1H3. The molecule has 138 valence electrons. The van der Waals surface area contributed by atoms with E-state index in [0.717, 1.165) is 29.7 Å². The van der Waals surface area contributed by atoms with Crippen molar-refractivity contribution in [3.63, 3.8) is 0 Å². The molecular formula is C20H19F3O3. The topological polar surface area (TPSA) is 43.4 Å². The number of hydrogen-bond donors (Lipinski definition) is 0. The maximum absolute atomic E-state index is 12.2. The van der Waals surface area contributed by atoms with Gasteiger partial charge in [0.25, 0.3) is 0 Å². The van der Waals surface area contributed by atoms with E-state index in [9.17, 15) is 22.8 Å². The maximum Gasteiger partial charge on any atom is 0.450 e. The number of Topliss-reactive ketones (excluding diaryl/α,β-unsaturated/α-hetero) is 2. The van der Waals surface area contributed by atoms with Crippen LogP contribution >= 0.6 is 0 Å². The van der Waals surface area contributed by atoms with E-state index in [-0.39, 0.29) is 5.56 Å². The van der Waals surface area contributed by atoms with Crippen LogP contribution < -0.4 is 4.74 Å². The monoisotopic (exact) mass is 364 g/mol. The van der Waals surface area contributed by atoms with Crippen LogP contribution in [-0.4, -0.2) is 24.3 Å². The average Bonchev–Trinajstić information content (AvgIpc) is 2.62. The summed E-state index contributed by atoms with van der Waals surface area (Å²) in [6, 6.07) is 13.5. The number of hydrogen-bond acceptors (Lipinski definition) is 3. The Morgan fingerprint density at radius 2 is 1.46 bits per heavy atom. The summed E-state index contributed by atoms with van der Waals surface area (Å²) in [5, 5.41) is 0. The predicted molar refractivity (Wildman–Crippen MR) is 92.3 cm³/mol. The first-order chi connectivity index (χ1) is 12.3. The number of ketones is 2. The Morgan fingerprint density at radius 1 is 0.923 bits per heavy atom. The van der Waals surface area contributed by atoms with E-state index in [1.165, 1.54) is 12.1 Å². The van der Waals surface area contributed by atoms with Gasteiger partial charge >= 0.3 is 6.18 Å². The third-order valence-electron chi connectivity index (χ3n) is 3.80. The summed E-state index contributed by atoms with van der Waals surface area (Å²) in [7, 11) is 0. The molecule has 0 aliphatic rings. The second-order valence-electron chi connectivity index (χ2n) is 5.82. The van der Waals surface area contributed by atoms with Gasteiger partial charge < -0.3 is 4.74 Å². The average molecular weight is 364 g/mol. The van der Waals surface area contributed by atoms with Gasteiger partial charge in [0.2, 0.25) is 5.78 Å². The van der Waals surface area contributed by atoms with Crippen LogP contribution in [0.15, 0.2) is 48.5 Å². The third kappa shape index (κ3) is 5.44. The molecule has 0 aromatic heterocycles. The molecule has 0 aliphatic heterocycles. The lowest BCUT2D eigenvalue weighted by Gasteiger charge is -2.08. The van der Waals surface area contributed by atoms with E-state index in [0.29, 0.717) is 6.61 Å². The van der Waals surface area contributed by atoms with Crippen molar-refractivity contribution < 1.29 is 27.5 Å². The SMILES string of the molecule is CCCCOc1ccc(-c2ccc(C(=O)CC(=O)C(F)(F)F)cc2)cc1. The Labute approximate surface area is 149 Å². The normalized spacial score (nSPS) is 11.2. The van der Waals surface area contributed by atoms with Crippen molar-refractivity contribution in [1.29, 1.82) is 0 Å². The van der Waals surface area contributed by atoms with Gasteiger partial charge in [-0.05, 0) is 29.7 Å². The number of rotatable bonds is 8. The molecule has 0 bridgehead atoms. The molecule has 0 fully saturated rings. The summed E-state index contributed by atoms with van der Waals surface area (Å²) in [5.74, 6) is -2.12. The first kappa shape index (κ1) is 19.7. The number of carbonyl (C=O) groups excluding carboxylic acids is 2. The fourth-order valence-corrected chi connectivity index (χ4v) is 2.27. The number of benzene rings is 2. The van der Waals surface area contributed by atoms with Crippen LogP contribution in [0, 0.1) is 0 Å². The van der Waals surface area contributed by atoms with Crippen LogP contribution in [0.1, 0.15) is 36.5 Å². The molecule has 0 amide bonds. The summed E-state index contributed by atoms with van der Waals surface area (Å²) in [4.78, 5) is 22.7. The zero-order valence-electron chi connectivity index (χ0n) is 14.3. The number of unbranched alkanes of at least 4 members (excludes halogenated alkanes) is 1. The van der Waals surface area contributed by atoms with Crippen LogP contribution in [0.5, 0.6) is 5.75 Å². The highest BCUT2D eigenvalue weighted by atomic mass is 19.4. The first-order valence-corrected chi connectivity index (χ1v) is 8.27. The molecule has 2 rings (SSSR count). The number of ether oxygens (including phenoxy) is 1. The second kappa shape index (κ2) is 8.65. The summed E-state index contributed by atoms with van der Waals surface area (Å²) < 4.78 is 42.3. The Balaban J connectivity index is 2.02. The minimum Gasteiger partial charge on any atom is -0.494 e. The van der Waals surface area contributed by atoms with E-state index in [4.69, 9.17) is 4.74 Å². The van der Waals surface area contributed by atoms with Crippen LogP contribution in [0.25, 0.3) is 11.1 Å². The lowest BCUT2D eigenvalue weighted by atomic mass is 10.0. The molecule has 0 radical (unpaired) electrons. The molecule has 3 nitrogen and oxygen atoms in total. The zero-order chi connectivity index (χ0) is 19.2. The number of alkyl halides is 3. The van der Waals surface area contributed by atoms with Crippen LogP contribution in [0.2, 0.25) is 0 Å². The Hall–Kier alpha value is -2.63. The van der Waals surface area contributed by atoms with E-state index >= 15 is 0 Å². The summed E-state index contributed by atoms with van der Waals surface area (Å²) in [5.41, 5.74) is 1.77. The minimum absolute atomic E-state index is 0.0749. The highest BCUT2D eigenvalue weighted by Gasteiger charge is 2.39.